The maximum absolute atomic E-state index is 14.0. The monoisotopic (exact) mass is 400 g/mol. The van der Waals surface area contributed by atoms with Gasteiger partial charge >= 0.3 is 0 Å². The number of nitrogens with one attached hydrogen (secondary N) is 1. The van der Waals surface area contributed by atoms with Crippen molar-refractivity contribution in [3.05, 3.63) is 59.9 Å². The van der Waals surface area contributed by atoms with E-state index in [1.54, 1.807) is 34.9 Å². The highest BCUT2D eigenvalue weighted by Gasteiger charge is 2.26. The molecule has 2 aromatic carbocycles. The highest BCUT2D eigenvalue weighted by molar-refractivity contribution is 7.99. The van der Waals surface area contributed by atoms with Crippen LogP contribution >= 0.6 is 11.8 Å². The molecule has 3 rings (SSSR count). The number of thioether (sulfide) groups is 1. The van der Waals surface area contributed by atoms with Crippen LogP contribution in [0.2, 0.25) is 0 Å². The van der Waals surface area contributed by atoms with E-state index in [9.17, 15) is 14.0 Å². The zero-order chi connectivity index (χ0) is 20.1. The molecule has 0 radical (unpaired) electrons. The lowest BCUT2D eigenvalue weighted by molar-refractivity contribution is -0.125. The number of nitrogens with zero attached hydrogens (tertiary/aromatic N) is 1. The molecule has 148 valence electrons. The highest BCUT2D eigenvalue weighted by atomic mass is 32.2. The number of amides is 2. The zero-order valence-electron chi connectivity index (χ0n) is 16.2. The normalized spacial score (nSPS) is 13.8. The lowest BCUT2D eigenvalue weighted by Crippen LogP contribution is -2.39. The third kappa shape index (κ3) is 4.73. The van der Waals surface area contributed by atoms with Gasteiger partial charge < -0.3 is 10.2 Å². The van der Waals surface area contributed by atoms with Gasteiger partial charge in [-0.3, -0.25) is 9.59 Å². The van der Waals surface area contributed by atoms with Crippen LogP contribution < -0.4 is 10.2 Å². The summed E-state index contributed by atoms with van der Waals surface area (Å²) in [5, 5.41) is 2.85. The SMILES string of the molecule is CC(C)(CNC(=O)CCC(=O)N1CCSc2ccccc21)c1ccccc1F. The van der Waals surface area contributed by atoms with Gasteiger partial charge in [0.15, 0.2) is 0 Å². The molecule has 1 aliphatic heterocycles. The van der Waals surface area contributed by atoms with E-state index >= 15 is 0 Å². The minimum atomic E-state index is -0.534. The number of anilines is 1. The number of rotatable bonds is 6. The van der Waals surface area contributed by atoms with Crippen LogP contribution in [0.1, 0.15) is 32.3 Å². The fraction of sp³-hybridized carbons (Fsp3) is 0.364. The van der Waals surface area contributed by atoms with Gasteiger partial charge in [-0.15, -0.1) is 11.8 Å². The summed E-state index contributed by atoms with van der Waals surface area (Å²) >= 11 is 1.74. The molecule has 0 unspecified atom stereocenters. The number of hydrogen-bond acceptors (Lipinski definition) is 3. The fourth-order valence-electron chi connectivity index (χ4n) is 3.30. The Kier molecular flexibility index (Phi) is 6.39. The average Bonchev–Trinajstić information content (AvgIpc) is 2.70. The molecule has 0 aliphatic carbocycles. The van der Waals surface area contributed by atoms with Gasteiger partial charge in [-0.2, -0.15) is 0 Å². The summed E-state index contributed by atoms with van der Waals surface area (Å²) in [7, 11) is 0. The molecule has 2 amide bonds. The van der Waals surface area contributed by atoms with Gasteiger partial charge in [-0.1, -0.05) is 44.2 Å². The first-order valence-electron chi connectivity index (χ1n) is 9.42. The second-order valence-corrected chi connectivity index (χ2v) is 8.64. The Morgan fingerprint density at radius 3 is 2.61 bits per heavy atom. The number of carbonyl (C=O) groups is 2. The Bertz CT molecular complexity index is 869. The van der Waals surface area contributed by atoms with Crippen LogP contribution in [0.15, 0.2) is 53.4 Å². The van der Waals surface area contributed by atoms with E-state index in [1.807, 2.05) is 38.1 Å². The average molecular weight is 401 g/mol. The summed E-state index contributed by atoms with van der Waals surface area (Å²) in [5.74, 6) is 0.332. The van der Waals surface area contributed by atoms with Gasteiger partial charge in [-0.05, 0) is 23.8 Å². The lowest BCUT2D eigenvalue weighted by atomic mass is 9.84. The number of carbonyl (C=O) groups excluding carboxylic acids is 2. The van der Waals surface area contributed by atoms with Crippen molar-refractivity contribution in [2.75, 3.05) is 23.7 Å². The van der Waals surface area contributed by atoms with E-state index in [0.29, 0.717) is 18.7 Å². The molecule has 0 saturated heterocycles. The highest BCUT2D eigenvalue weighted by Crippen LogP contribution is 2.34. The van der Waals surface area contributed by atoms with E-state index in [-0.39, 0.29) is 30.5 Å². The van der Waals surface area contributed by atoms with Gasteiger partial charge in [0, 0.05) is 42.0 Å². The largest absolute Gasteiger partial charge is 0.355 e. The fourth-order valence-corrected chi connectivity index (χ4v) is 4.29. The molecule has 4 nitrogen and oxygen atoms in total. The van der Waals surface area contributed by atoms with Crippen LogP contribution in [0, 0.1) is 5.82 Å². The topological polar surface area (TPSA) is 49.4 Å². The van der Waals surface area contributed by atoms with Gasteiger partial charge in [-0.25, -0.2) is 4.39 Å². The summed E-state index contributed by atoms with van der Waals surface area (Å²) in [5.41, 5.74) is 0.951. The van der Waals surface area contributed by atoms with Gasteiger partial charge in [0.25, 0.3) is 0 Å². The predicted molar refractivity (Wildman–Crippen MR) is 111 cm³/mol. The van der Waals surface area contributed by atoms with Crippen molar-refractivity contribution in [3.63, 3.8) is 0 Å². The van der Waals surface area contributed by atoms with E-state index in [1.165, 1.54) is 6.07 Å². The first kappa shape index (κ1) is 20.4. The van der Waals surface area contributed by atoms with Crippen molar-refractivity contribution >= 4 is 29.3 Å². The molecule has 0 atom stereocenters. The number of fused-ring (bicyclic) bond motifs is 1. The molecule has 0 spiro atoms. The summed E-state index contributed by atoms with van der Waals surface area (Å²) in [6, 6.07) is 14.4. The molecule has 2 aromatic rings. The number of para-hydroxylation sites is 1. The predicted octanol–water partition coefficient (Wildman–Crippen LogP) is 4.14. The number of benzene rings is 2. The molecular weight excluding hydrogens is 375 g/mol. The van der Waals surface area contributed by atoms with Crippen LogP contribution in [0.5, 0.6) is 0 Å². The first-order chi connectivity index (χ1) is 13.4. The van der Waals surface area contributed by atoms with E-state index in [2.05, 4.69) is 5.32 Å². The molecule has 0 bridgehead atoms. The third-order valence-corrected chi connectivity index (χ3v) is 5.97. The summed E-state index contributed by atoms with van der Waals surface area (Å²) in [6.07, 6.45) is 0.281. The third-order valence-electron chi connectivity index (χ3n) is 4.93. The number of hydrogen-bond donors (Lipinski definition) is 1. The maximum atomic E-state index is 14.0. The summed E-state index contributed by atoms with van der Waals surface area (Å²) in [6.45, 7) is 4.74. The summed E-state index contributed by atoms with van der Waals surface area (Å²) in [4.78, 5) is 27.7. The minimum absolute atomic E-state index is 0.0451. The second kappa shape index (κ2) is 8.78. The molecule has 6 heteroatoms. The van der Waals surface area contributed by atoms with Crippen molar-refractivity contribution in [2.45, 2.75) is 37.0 Å². The number of halogens is 1. The van der Waals surface area contributed by atoms with E-state index in [4.69, 9.17) is 0 Å². The van der Waals surface area contributed by atoms with Crippen LogP contribution in [0.4, 0.5) is 10.1 Å². The van der Waals surface area contributed by atoms with Crippen LogP contribution in [-0.4, -0.2) is 30.7 Å². The van der Waals surface area contributed by atoms with E-state index < -0.39 is 5.41 Å². The smallest absolute Gasteiger partial charge is 0.227 e. The molecule has 0 aromatic heterocycles. The van der Waals surface area contributed by atoms with Crippen LogP contribution in [0.3, 0.4) is 0 Å². The Morgan fingerprint density at radius 2 is 1.82 bits per heavy atom. The van der Waals surface area contributed by atoms with Gasteiger partial charge in [0.05, 0.1) is 5.69 Å². The van der Waals surface area contributed by atoms with Crippen LogP contribution in [-0.2, 0) is 15.0 Å². The lowest BCUT2D eigenvalue weighted by Gasteiger charge is -2.29. The Hall–Kier alpha value is -2.34. The molecule has 1 heterocycles. The Labute approximate surface area is 169 Å². The van der Waals surface area contributed by atoms with Crippen molar-refractivity contribution < 1.29 is 14.0 Å². The zero-order valence-corrected chi connectivity index (χ0v) is 17.0. The van der Waals surface area contributed by atoms with Crippen molar-refractivity contribution in [2.24, 2.45) is 0 Å². The Balaban J connectivity index is 1.52. The first-order valence-corrected chi connectivity index (χ1v) is 10.4. The molecule has 1 aliphatic rings. The maximum Gasteiger partial charge on any atom is 0.227 e. The van der Waals surface area contributed by atoms with Crippen molar-refractivity contribution in [1.82, 2.24) is 5.32 Å². The van der Waals surface area contributed by atoms with Crippen LogP contribution in [0.25, 0.3) is 0 Å². The standard InChI is InChI=1S/C22H25FN2O2S/c1-22(2,16-7-3-4-8-17(16)23)15-24-20(26)11-12-21(27)25-13-14-28-19-10-6-5-9-18(19)25/h3-10H,11-15H2,1-2H3,(H,24,26). The molecular formula is C22H25FN2O2S. The minimum Gasteiger partial charge on any atom is -0.355 e. The molecule has 0 fully saturated rings. The van der Waals surface area contributed by atoms with Gasteiger partial charge in [0.2, 0.25) is 11.8 Å². The molecule has 1 N–H and O–H groups in total. The van der Waals surface area contributed by atoms with E-state index in [0.717, 1.165) is 16.3 Å². The quantitative estimate of drug-likeness (QED) is 0.793. The van der Waals surface area contributed by atoms with Crippen molar-refractivity contribution in [1.29, 1.82) is 0 Å². The molecule has 28 heavy (non-hydrogen) atoms. The van der Waals surface area contributed by atoms with Crippen molar-refractivity contribution in [3.8, 4) is 0 Å². The summed E-state index contributed by atoms with van der Waals surface area (Å²) < 4.78 is 14.0. The second-order valence-electron chi connectivity index (χ2n) is 7.50. The Morgan fingerprint density at radius 1 is 1.11 bits per heavy atom. The van der Waals surface area contributed by atoms with Gasteiger partial charge in [0.1, 0.15) is 5.82 Å². The molecule has 0 saturated carbocycles.